The molecule has 0 saturated carbocycles. The van der Waals surface area contributed by atoms with Gasteiger partial charge in [-0.2, -0.15) is 0 Å². The van der Waals surface area contributed by atoms with Crippen molar-refractivity contribution in [3.8, 4) is 0 Å². The van der Waals surface area contributed by atoms with Gasteiger partial charge in [0.15, 0.2) is 5.78 Å². The third-order valence-corrected chi connectivity index (χ3v) is 1.58. The van der Waals surface area contributed by atoms with E-state index in [1.54, 1.807) is 0 Å². The minimum atomic E-state index is -0.0571. The molecule has 1 rings (SSSR count). The van der Waals surface area contributed by atoms with Crippen molar-refractivity contribution < 1.29 is 9.59 Å². The van der Waals surface area contributed by atoms with Gasteiger partial charge in [-0.25, -0.2) is 0 Å². The van der Waals surface area contributed by atoms with Crippen LogP contribution in [0, 0.1) is 0 Å². The van der Waals surface area contributed by atoms with E-state index in [9.17, 15) is 9.59 Å². The second-order valence-electron chi connectivity index (χ2n) is 2.62. The Morgan fingerprint density at radius 2 is 1.92 bits per heavy atom. The van der Waals surface area contributed by atoms with Crippen LogP contribution in [0.3, 0.4) is 0 Å². The zero-order valence-electron chi connectivity index (χ0n) is 7.14. The molecular formula is C11H10O2. The lowest BCUT2D eigenvalue weighted by Gasteiger charge is -1.94. The van der Waals surface area contributed by atoms with Gasteiger partial charge in [-0.15, -0.1) is 0 Å². The molecule has 0 spiro atoms. The molecule has 2 heteroatoms. The fourth-order valence-corrected chi connectivity index (χ4v) is 1.00. The van der Waals surface area contributed by atoms with Gasteiger partial charge >= 0.3 is 0 Å². The van der Waals surface area contributed by atoms with E-state index in [1.165, 1.54) is 12.2 Å². The molecule has 0 atom stereocenters. The van der Waals surface area contributed by atoms with Crippen LogP contribution in [0.2, 0.25) is 0 Å². The van der Waals surface area contributed by atoms with Crippen molar-refractivity contribution in [1.82, 2.24) is 0 Å². The summed E-state index contributed by atoms with van der Waals surface area (Å²) >= 11 is 0. The second-order valence-corrected chi connectivity index (χ2v) is 2.62. The zero-order chi connectivity index (χ0) is 9.52. The number of carbonyl (C=O) groups is 2. The summed E-state index contributed by atoms with van der Waals surface area (Å²) < 4.78 is 0. The van der Waals surface area contributed by atoms with Gasteiger partial charge in [0.05, 0.1) is 0 Å². The molecule has 0 amide bonds. The number of rotatable bonds is 4. The molecule has 1 aromatic rings. The molecule has 0 aliphatic heterocycles. The van der Waals surface area contributed by atoms with E-state index in [0.29, 0.717) is 12.7 Å². The number of benzene rings is 1. The standard InChI is InChI=1S/C11H10O2/c12-8-4-7-11(13)9-10-5-2-1-3-6-10/h1-8H,9H2. The molecule has 0 aliphatic rings. The first kappa shape index (κ1) is 9.39. The lowest BCUT2D eigenvalue weighted by atomic mass is 10.1. The molecule has 0 aromatic heterocycles. The number of allylic oxidation sites excluding steroid dienone is 2. The molecule has 0 N–H and O–H groups in total. The van der Waals surface area contributed by atoms with Crippen LogP contribution >= 0.6 is 0 Å². The van der Waals surface area contributed by atoms with Crippen LogP contribution in [0.15, 0.2) is 42.5 Å². The fraction of sp³-hybridized carbons (Fsp3) is 0.0909. The lowest BCUT2D eigenvalue weighted by molar-refractivity contribution is -0.114. The maximum absolute atomic E-state index is 11.1. The van der Waals surface area contributed by atoms with Crippen LogP contribution in [-0.2, 0) is 16.0 Å². The predicted molar refractivity (Wildman–Crippen MR) is 50.4 cm³/mol. The molecule has 0 heterocycles. The van der Waals surface area contributed by atoms with Gasteiger partial charge in [-0.1, -0.05) is 30.3 Å². The molecule has 0 fully saturated rings. The summed E-state index contributed by atoms with van der Waals surface area (Å²) in [4.78, 5) is 21.0. The minimum absolute atomic E-state index is 0.0571. The first-order valence-corrected chi connectivity index (χ1v) is 4.01. The Bertz CT molecular complexity index is 312. The van der Waals surface area contributed by atoms with Crippen molar-refractivity contribution in [3.63, 3.8) is 0 Å². The summed E-state index contributed by atoms with van der Waals surface area (Å²) in [7, 11) is 0. The second kappa shape index (κ2) is 5.04. The third kappa shape index (κ3) is 3.47. The topological polar surface area (TPSA) is 34.1 Å². The van der Waals surface area contributed by atoms with Crippen LogP contribution in [0.4, 0.5) is 0 Å². The van der Waals surface area contributed by atoms with Gasteiger partial charge in [0.1, 0.15) is 6.29 Å². The molecule has 66 valence electrons. The van der Waals surface area contributed by atoms with E-state index in [4.69, 9.17) is 0 Å². The Morgan fingerprint density at radius 1 is 1.23 bits per heavy atom. The summed E-state index contributed by atoms with van der Waals surface area (Å²) in [6, 6.07) is 9.42. The van der Waals surface area contributed by atoms with E-state index >= 15 is 0 Å². The highest BCUT2D eigenvalue weighted by atomic mass is 16.1. The van der Waals surface area contributed by atoms with Gasteiger partial charge in [-0.05, 0) is 17.7 Å². The van der Waals surface area contributed by atoms with Gasteiger partial charge in [0, 0.05) is 6.42 Å². The average molecular weight is 174 g/mol. The zero-order valence-corrected chi connectivity index (χ0v) is 7.14. The summed E-state index contributed by atoms with van der Waals surface area (Å²) in [5.41, 5.74) is 0.961. The van der Waals surface area contributed by atoms with Gasteiger partial charge in [-0.3, -0.25) is 9.59 Å². The van der Waals surface area contributed by atoms with Crippen LogP contribution in [0.5, 0.6) is 0 Å². The van der Waals surface area contributed by atoms with Crippen molar-refractivity contribution in [2.75, 3.05) is 0 Å². The Kier molecular flexibility index (Phi) is 3.64. The molecule has 13 heavy (non-hydrogen) atoms. The smallest absolute Gasteiger partial charge is 0.160 e. The molecule has 2 nitrogen and oxygen atoms in total. The van der Waals surface area contributed by atoms with Crippen molar-refractivity contribution in [3.05, 3.63) is 48.0 Å². The Hall–Kier alpha value is -1.70. The molecule has 0 aliphatic carbocycles. The highest BCUT2D eigenvalue weighted by Crippen LogP contribution is 2.00. The van der Waals surface area contributed by atoms with Crippen molar-refractivity contribution in [2.24, 2.45) is 0 Å². The summed E-state index contributed by atoms with van der Waals surface area (Å²) in [5.74, 6) is -0.0571. The molecule has 1 aromatic carbocycles. The Balaban J connectivity index is 2.55. The van der Waals surface area contributed by atoms with E-state index < -0.39 is 0 Å². The van der Waals surface area contributed by atoms with Gasteiger partial charge in [0.2, 0.25) is 0 Å². The first-order chi connectivity index (χ1) is 6.33. The van der Waals surface area contributed by atoms with Crippen molar-refractivity contribution in [1.29, 1.82) is 0 Å². The van der Waals surface area contributed by atoms with Gasteiger partial charge < -0.3 is 0 Å². The van der Waals surface area contributed by atoms with Crippen molar-refractivity contribution in [2.45, 2.75) is 6.42 Å². The molecule has 0 unspecified atom stereocenters. The Morgan fingerprint density at radius 3 is 2.54 bits per heavy atom. The van der Waals surface area contributed by atoms with Crippen LogP contribution in [0.1, 0.15) is 5.56 Å². The fourth-order valence-electron chi connectivity index (χ4n) is 1.00. The summed E-state index contributed by atoms with van der Waals surface area (Å²) in [6.07, 6.45) is 3.46. The van der Waals surface area contributed by atoms with Crippen LogP contribution in [-0.4, -0.2) is 12.1 Å². The number of hydrogen-bond donors (Lipinski definition) is 0. The minimum Gasteiger partial charge on any atom is -0.299 e. The number of aldehydes is 1. The summed E-state index contributed by atoms with van der Waals surface area (Å²) in [5, 5.41) is 0. The highest BCUT2D eigenvalue weighted by molar-refractivity contribution is 5.94. The maximum Gasteiger partial charge on any atom is 0.160 e. The van der Waals surface area contributed by atoms with E-state index in [0.717, 1.165) is 5.56 Å². The number of hydrogen-bond acceptors (Lipinski definition) is 2. The quantitative estimate of drug-likeness (QED) is 0.512. The SMILES string of the molecule is O=CC=CC(=O)Cc1ccccc1. The maximum atomic E-state index is 11.1. The van der Waals surface area contributed by atoms with Crippen LogP contribution < -0.4 is 0 Å². The highest BCUT2D eigenvalue weighted by Gasteiger charge is 1.97. The van der Waals surface area contributed by atoms with E-state index in [-0.39, 0.29) is 5.78 Å². The predicted octanol–water partition coefficient (Wildman–Crippen LogP) is 1.55. The van der Waals surface area contributed by atoms with E-state index in [1.807, 2.05) is 30.3 Å². The molecule has 0 saturated heterocycles. The average Bonchev–Trinajstić information content (AvgIpc) is 2.16. The monoisotopic (exact) mass is 174 g/mol. The first-order valence-electron chi connectivity index (χ1n) is 4.01. The van der Waals surface area contributed by atoms with E-state index in [2.05, 4.69) is 0 Å². The van der Waals surface area contributed by atoms with Crippen LogP contribution in [0.25, 0.3) is 0 Å². The van der Waals surface area contributed by atoms with Gasteiger partial charge in [0.25, 0.3) is 0 Å². The molecule has 0 radical (unpaired) electrons. The third-order valence-electron chi connectivity index (χ3n) is 1.58. The summed E-state index contributed by atoms with van der Waals surface area (Å²) in [6.45, 7) is 0. The lowest BCUT2D eigenvalue weighted by Crippen LogP contribution is -1.97. The normalized spacial score (nSPS) is 10.2. The number of carbonyl (C=O) groups excluding carboxylic acids is 2. The molecule has 0 bridgehead atoms. The molecular weight excluding hydrogens is 164 g/mol. The van der Waals surface area contributed by atoms with Crippen molar-refractivity contribution >= 4 is 12.1 Å². The Labute approximate surface area is 76.9 Å². The largest absolute Gasteiger partial charge is 0.299 e. The number of ketones is 1.